The van der Waals surface area contributed by atoms with Crippen LogP contribution in [0.1, 0.15) is 19.3 Å². The van der Waals surface area contributed by atoms with Crippen molar-refractivity contribution in [1.82, 2.24) is 15.5 Å². The SMILES string of the molecule is NC(=NCC1CCC1)NCCN1CCNC(=O)C1. The summed E-state index contributed by atoms with van der Waals surface area (Å²) in [5, 5.41) is 5.91. The first-order valence-electron chi connectivity index (χ1n) is 6.77. The number of hydrogen-bond donors (Lipinski definition) is 3. The molecule has 18 heavy (non-hydrogen) atoms. The van der Waals surface area contributed by atoms with Gasteiger partial charge in [-0.2, -0.15) is 0 Å². The number of carbonyl (C=O) groups is 1. The molecule has 2 aliphatic rings. The summed E-state index contributed by atoms with van der Waals surface area (Å²) in [6.07, 6.45) is 3.92. The fraction of sp³-hybridized carbons (Fsp3) is 0.833. The average molecular weight is 253 g/mol. The highest BCUT2D eigenvalue weighted by Crippen LogP contribution is 2.26. The van der Waals surface area contributed by atoms with Crippen molar-refractivity contribution in [2.75, 3.05) is 39.3 Å². The molecule has 1 amide bonds. The number of nitrogens with two attached hydrogens (primary N) is 1. The van der Waals surface area contributed by atoms with Gasteiger partial charge in [0, 0.05) is 32.7 Å². The first-order chi connectivity index (χ1) is 8.74. The zero-order valence-electron chi connectivity index (χ0n) is 10.8. The number of amides is 1. The van der Waals surface area contributed by atoms with Gasteiger partial charge >= 0.3 is 0 Å². The summed E-state index contributed by atoms with van der Waals surface area (Å²) in [6, 6.07) is 0. The molecule has 0 aromatic heterocycles. The van der Waals surface area contributed by atoms with Gasteiger partial charge in [-0.05, 0) is 18.8 Å². The Labute approximate surface area is 108 Å². The van der Waals surface area contributed by atoms with E-state index in [1.165, 1.54) is 19.3 Å². The molecular formula is C12H23N5O. The van der Waals surface area contributed by atoms with Gasteiger partial charge in [-0.3, -0.25) is 14.7 Å². The number of carbonyl (C=O) groups excluding carboxylic acids is 1. The highest BCUT2D eigenvalue weighted by molar-refractivity contribution is 5.79. The van der Waals surface area contributed by atoms with Crippen LogP contribution < -0.4 is 16.4 Å². The molecule has 0 aromatic rings. The van der Waals surface area contributed by atoms with E-state index in [-0.39, 0.29) is 5.91 Å². The Bertz CT molecular complexity index is 314. The van der Waals surface area contributed by atoms with Gasteiger partial charge < -0.3 is 16.4 Å². The molecule has 1 aliphatic heterocycles. The van der Waals surface area contributed by atoms with Crippen molar-refractivity contribution >= 4 is 11.9 Å². The number of hydrogen-bond acceptors (Lipinski definition) is 3. The van der Waals surface area contributed by atoms with E-state index in [1.54, 1.807) is 0 Å². The molecule has 1 saturated heterocycles. The molecule has 1 aliphatic carbocycles. The standard InChI is InChI=1S/C12H23N5O/c13-12(16-8-10-2-1-3-10)15-5-7-17-6-4-14-11(18)9-17/h10H,1-9H2,(H,14,18)(H3,13,15,16). The lowest BCUT2D eigenvalue weighted by atomic mass is 9.86. The Morgan fingerprint density at radius 1 is 1.56 bits per heavy atom. The number of nitrogens with zero attached hydrogens (tertiary/aromatic N) is 2. The van der Waals surface area contributed by atoms with Gasteiger partial charge in [-0.1, -0.05) is 6.42 Å². The van der Waals surface area contributed by atoms with E-state index >= 15 is 0 Å². The molecular weight excluding hydrogens is 230 g/mol. The Balaban J connectivity index is 1.57. The van der Waals surface area contributed by atoms with Crippen LogP contribution in [0.15, 0.2) is 4.99 Å². The molecule has 0 unspecified atom stereocenters. The average Bonchev–Trinajstić information content (AvgIpc) is 2.27. The monoisotopic (exact) mass is 253 g/mol. The summed E-state index contributed by atoms with van der Waals surface area (Å²) in [4.78, 5) is 17.6. The van der Waals surface area contributed by atoms with Crippen molar-refractivity contribution in [3.8, 4) is 0 Å². The van der Waals surface area contributed by atoms with Crippen molar-refractivity contribution in [3.63, 3.8) is 0 Å². The Kier molecular flexibility index (Phi) is 4.81. The number of nitrogens with one attached hydrogen (secondary N) is 2. The van der Waals surface area contributed by atoms with Crippen LogP contribution in [0.5, 0.6) is 0 Å². The Hall–Kier alpha value is -1.30. The number of piperazine rings is 1. The lowest BCUT2D eigenvalue weighted by molar-refractivity contribution is -0.124. The molecule has 1 heterocycles. The maximum absolute atomic E-state index is 11.2. The summed E-state index contributed by atoms with van der Waals surface area (Å²) in [7, 11) is 0. The molecule has 6 nitrogen and oxygen atoms in total. The quantitative estimate of drug-likeness (QED) is 0.439. The van der Waals surface area contributed by atoms with Crippen molar-refractivity contribution in [2.24, 2.45) is 16.6 Å². The fourth-order valence-corrected chi connectivity index (χ4v) is 2.18. The summed E-state index contributed by atoms with van der Waals surface area (Å²) in [5.41, 5.74) is 5.78. The fourth-order valence-electron chi connectivity index (χ4n) is 2.18. The van der Waals surface area contributed by atoms with Crippen LogP contribution in [-0.4, -0.2) is 56.0 Å². The van der Waals surface area contributed by atoms with Gasteiger partial charge in [-0.15, -0.1) is 0 Å². The van der Waals surface area contributed by atoms with Crippen LogP contribution in [0.4, 0.5) is 0 Å². The number of aliphatic imine (C=N–C) groups is 1. The van der Waals surface area contributed by atoms with Gasteiger partial charge in [0.05, 0.1) is 6.54 Å². The zero-order chi connectivity index (χ0) is 12.8. The van der Waals surface area contributed by atoms with Crippen molar-refractivity contribution in [3.05, 3.63) is 0 Å². The van der Waals surface area contributed by atoms with E-state index in [4.69, 9.17) is 5.73 Å². The van der Waals surface area contributed by atoms with E-state index in [0.717, 1.165) is 38.6 Å². The van der Waals surface area contributed by atoms with Crippen molar-refractivity contribution in [2.45, 2.75) is 19.3 Å². The second kappa shape index (κ2) is 6.58. The van der Waals surface area contributed by atoms with Gasteiger partial charge in [0.25, 0.3) is 0 Å². The van der Waals surface area contributed by atoms with E-state index in [2.05, 4.69) is 20.5 Å². The molecule has 0 spiro atoms. The van der Waals surface area contributed by atoms with Gasteiger partial charge in [0.15, 0.2) is 5.96 Å². The van der Waals surface area contributed by atoms with Gasteiger partial charge in [0.1, 0.15) is 0 Å². The summed E-state index contributed by atoms with van der Waals surface area (Å²) in [5.74, 6) is 1.38. The third-order valence-corrected chi connectivity index (χ3v) is 3.60. The summed E-state index contributed by atoms with van der Waals surface area (Å²) < 4.78 is 0. The van der Waals surface area contributed by atoms with E-state index < -0.39 is 0 Å². The molecule has 102 valence electrons. The minimum Gasteiger partial charge on any atom is -0.370 e. The molecule has 0 radical (unpaired) electrons. The van der Waals surface area contributed by atoms with Crippen LogP contribution in [0.2, 0.25) is 0 Å². The molecule has 2 rings (SSSR count). The Morgan fingerprint density at radius 2 is 2.39 bits per heavy atom. The molecule has 4 N–H and O–H groups in total. The van der Waals surface area contributed by atoms with E-state index in [9.17, 15) is 4.79 Å². The first kappa shape index (κ1) is 13.1. The van der Waals surface area contributed by atoms with E-state index in [0.29, 0.717) is 12.5 Å². The predicted octanol–water partition coefficient (Wildman–Crippen LogP) is -0.877. The highest BCUT2D eigenvalue weighted by atomic mass is 16.2. The number of rotatable bonds is 5. The minimum atomic E-state index is 0.105. The molecule has 2 fully saturated rings. The molecule has 1 saturated carbocycles. The zero-order valence-corrected chi connectivity index (χ0v) is 10.8. The van der Waals surface area contributed by atoms with Crippen LogP contribution in [0, 0.1) is 5.92 Å². The molecule has 0 bridgehead atoms. The normalized spacial score (nSPS) is 22.4. The summed E-state index contributed by atoms with van der Waals surface area (Å²) in [6.45, 7) is 4.56. The van der Waals surface area contributed by atoms with Crippen molar-refractivity contribution < 1.29 is 4.79 Å². The topological polar surface area (TPSA) is 82.8 Å². The van der Waals surface area contributed by atoms with Gasteiger partial charge in [0.2, 0.25) is 5.91 Å². The highest BCUT2D eigenvalue weighted by Gasteiger charge is 2.17. The first-order valence-corrected chi connectivity index (χ1v) is 6.77. The predicted molar refractivity (Wildman–Crippen MR) is 71.3 cm³/mol. The lowest BCUT2D eigenvalue weighted by Crippen LogP contribution is -2.50. The lowest BCUT2D eigenvalue weighted by Gasteiger charge is -2.26. The van der Waals surface area contributed by atoms with Crippen LogP contribution >= 0.6 is 0 Å². The Morgan fingerprint density at radius 3 is 3.06 bits per heavy atom. The molecule has 6 heteroatoms. The van der Waals surface area contributed by atoms with Gasteiger partial charge in [-0.25, -0.2) is 0 Å². The largest absolute Gasteiger partial charge is 0.370 e. The maximum atomic E-state index is 11.2. The minimum absolute atomic E-state index is 0.105. The second-order valence-electron chi connectivity index (χ2n) is 5.08. The third-order valence-electron chi connectivity index (χ3n) is 3.60. The maximum Gasteiger partial charge on any atom is 0.234 e. The van der Waals surface area contributed by atoms with Crippen LogP contribution in [0.3, 0.4) is 0 Å². The molecule has 0 atom stereocenters. The number of guanidine groups is 1. The van der Waals surface area contributed by atoms with E-state index in [1.807, 2.05) is 0 Å². The second-order valence-corrected chi connectivity index (χ2v) is 5.08. The van der Waals surface area contributed by atoms with Crippen molar-refractivity contribution in [1.29, 1.82) is 0 Å². The summed E-state index contributed by atoms with van der Waals surface area (Å²) >= 11 is 0. The third kappa shape index (κ3) is 4.18. The van der Waals surface area contributed by atoms with Crippen LogP contribution in [0.25, 0.3) is 0 Å². The smallest absolute Gasteiger partial charge is 0.234 e. The van der Waals surface area contributed by atoms with Crippen LogP contribution in [-0.2, 0) is 4.79 Å². The molecule has 0 aromatic carbocycles.